The van der Waals surface area contributed by atoms with Gasteiger partial charge in [0, 0.05) is 5.39 Å². The van der Waals surface area contributed by atoms with E-state index in [-0.39, 0.29) is 24.8 Å². The van der Waals surface area contributed by atoms with E-state index >= 15 is 0 Å². The number of esters is 1. The van der Waals surface area contributed by atoms with Crippen LogP contribution in [0.2, 0.25) is 0 Å². The van der Waals surface area contributed by atoms with Crippen LogP contribution in [0.4, 0.5) is 0 Å². The minimum atomic E-state index is -0.459. The molecule has 1 N–H and O–H groups in total. The maximum absolute atomic E-state index is 11.7. The van der Waals surface area contributed by atoms with Crippen LogP contribution in [-0.4, -0.2) is 50.4 Å². The number of carbonyl (C=O) groups excluding carboxylic acids is 2. The summed E-state index contributed by atoms with van der Waals surface area (Å²) in [7, 11) is 0. The fourth-order valence-electron chi connectivity index (χ4n) is 2.09. The number of rotatable bonds is 6. The van der Waals surface area contributed by atoms with Crippen molar-refractivity contribution in [3.63, 3.8) is 0 Å². The largest absolute Gasteiger partial charge is 0.465 e. The van der Waals surface area contributed by atoms with Crippen molar-refractivity contribution in [1.29, 1.82) is 0 Å². The summed E-state index contributed by atoms with van der Waals surface area (Å²) >= 11 is 1.19. The second-order valence-corrected chi connectivity index (χ2v) is 5.74. The highest BCUT2D eigenvalue weighted by Crippen LogP contribution is 2.19. The number of hydrogen-bond donors (Lipinski definition) is 1. The second-order valence-electron chi connectivity index (χ2n) is 4.79. The van der Waals surface area contributed by atoms with Crippen LogP contribution >= 0.6 is 11.8 Å². The van der Waals surface area contributed by atoms with Crippen molar-refractivity contribution in [3.8, 4) is 0 Å². The summed E-state index contributed by atoms with van der Waals surface area (Å²) in [5, 5.41) is 8.15. The molecule has 0 spiro atoms. The zero-order valence-electron chi connectivity index (χ0n) is 12.9. The Bertz CT molecular complexity index is 895. The predicted octanol–water partition coefficient (Wildman–Crippen LogP) is 1.05. The summed E-state index contributed by atoms with van der Waals surface area (Å²) in [6, 6.07) is 7.65. The number of nitrogens with zero attached hydrogens (tertiary/aromatic N) is 4. The Morgan fingerprint density at radius 1 is 1.33 bits per heavy atom. The highest BCUT2D eigenvalue weighted by molar-refractivity contribution is 7.99. The first-order chi connectivity index (χ1) is 11.7. The van der Waals surface area contributed by atoms with E-state index in [1.807, 2.05) is 24.3 Å². The van der Waals surface area contributed by atoms with Gasteiger partial charge in [-0.15, -0.1) is 5.10 Å². The predicted molar refractivity (Wildman–Crippen MR) is 88.7 cm³/mol. The monoisotopic (exact) mass is 345 g/mol. The Kier molecular flexibility index (Phi) is 4.90. The summed E-state index contributed by atoms with van der Waals surface area (Å²) in [6.45, 7) is 1.86. The molecule has 0 saturated carbocycles. The molecule has 0 fully saturated rings. The van der Waals surface area contributed by atoms with Gasteiger partial charge in [0.1, 0.15) is 12.9 Å². The molecule has 0 aliphatic heterocycles. The van der Waals surface area contributed by atoms with Crippen molar-refractivity contribution in [2.75, 3.05) is 18.9 Å². The number of ether oxygens (including phenoxy) is 1. The number of amides is 1. The van der Waals surface area contributed by atoms with Gasteiger partial charge in [0.05, 0.1) is 17.9 Å². The Hall–Kier alpha value is -2.68. The molecule has 3 aromatic rings. The normalized spacial score (nSPS) is 10.9. The smallest absolute Gasteiger partial charge is 0.325 e. The SMILES string of the molecule is CCOC(=O)CNC(=O)CSc1nc2c3ccccc3ncn2n1. The van der Waals surface area contributed by atoms with Crippen molar-refractivity contribution < 1.29 is 14.3 Å². The minimum Gasteiger partial charge on any atom is -0.465 e. The molecular weight excluding hydrogens is 330 g/mol. The molecule has 8 nitrogen and oxygen atoms in total. The molecule has 0 saturated heterocycles. The van der Waals surface area contributed by atoms with Gasteiger partial charge >= 0.3 is 5.97 Å². The average molecular weight is 345 g/mol. The molecule has 124 valence electrons. The van der Waals surface area contributed by atoms with Gasteiger partial charge in [-0.25, -0.2) is 14.5 Å². The minimum absolute atomic E-state index is 0.113. The summed E-state index contributed by atoms with van der Waals surface area (Å²) in [6.07, 6.45) is 1.59. The lowest BCUT2D eigenvalue weighted by Gasteiger charge is -2.03. The van der Waals surface area contributed by atoms with Gasteiger partial charge in [-0.2, -0.15) is 0 Å². The van der Waals surface area contributed by atoms with Gasteiger partial charge in [-0.3, -0.25) is 9.59 Å². The second kappa shape index (κ2) is 7.26. The zero-order valence-corrected chi connectivity index (χ0v) is 13.7. The number of hydrogen-bond acceptors (Lipinski definition) is 7. The molecule has 1 amide bonds. The summed E-state index contributed by atoms with van der Waals surface area (Å²) in [5.41, 5.74) is 1.52. The zero-order chi connectivity index (χ0) is 16.9. The van der Waals surface area contributed by atoms with Crippen LogP contribution in [0.25, 0.3) is 16.6 Å². The fourth-order valence-corrected chi connectivity index (χ4v) is 2.74. The molecular formula is C15H15N5O3S. The Balaban J connectivity index is 1.64. The summed E-state index contributed by atoms with van der Waals surface area (Å²) in [5.74, 6) is -0.629. The fraction of sp³-hybridized carbons (Fsp3) is 0.267. The maximum Gasteiger partial charge on any atom is 0.325 e. The van der Waals surface area contributed by atoms with Gasteiger partial charge in [-0.1, -0.05) is 23.9 Å². The Morgan fingerprint density at radius 3 is 3.00 bits per heavy atom. The third-order valence-corrected chi connectivity index (χ3v) is 3.97. The van der Waals surface area contributed by atoms with Crippen molar-refractivity contribution in [2.24, 2.45) is 0 Å². The first-order valence-electron chi connectivity index (χ1n) is 7.32. The number of nitrogens with one attached hydrogen (secondary N) is 1. The molecule has 0 aliphatic carbocycles. The lowest BCUT2D eigenvalue weighted by molar-refractivity contribution is -0.143. The highest BCUT2D eigenvalue weighted by Gasteiger charge is 2.11. The summed E-state index contributed by atoms with van der Waals surface area (Å²) < 4.78 is 6.32. The number of para-hydroxylation sites is 1. The lowest BCUT2D eigenvalue weighted by atomic mass is 10.2. The van der Waals surface area contributed by atoms with Crippen LogP contribution in [0.5, 0.6) is 0 Å². The molecule has 9 heteroatoms. The molecule has 0 bridgehead atoms. The molecule has 3 rings (SSSR count). The third kappa shape index (κ3) is 3.62. The molecule has 0 radical (unpaired) electrons. The molecule has 0 aliphatic rings. The Morgan fingerprint density at radius 2 is 2.17 bits per heavy atom. The van der Waals surface area contributed by atoms with Crippen LogP contribution in [0.1, 0.15) is 6.92 Å². The number of fused-ring (bicyclic) bond motifs is 3. The molecule has 0 atom stereocenters. The van der Waals surface area contributed by atoms with E-state index < -0.39 is 5.97 Å². The number of thioether (sulfide) groups is 1. The molecule has 2 heterocycles. The maximum atomic E-state index is 11.7. The summed E-state index contributed by atoms with van der Waals surface area (Å²) in [4.78, 5) is 31.7. The van der Waals surface area contributed by atoms with Crippen molar-refractivity contribution >= 4 is 40.2 Å². The highest BCUT2D eigenvalue weighted by atomic mass is 32.2. The number of carbonyl (C=O) groups is 2. The third-order valence-electron chi connectivity index (χ3n) is 3.13. The van der Waals surface area contributed by atoms with Gasteiger partial charge in [-0.05, 0) is 19.1 Å². The van der Waals surface area contributed by atoms with Crippen molar-refractivity contribution in [3.05, 3.63) is 30.6 Å². The Labute approximate surface area is 141 Å². The molecule has 0 unspecified atom stereocenters. The average Bonchev–Trinajstić information content (AvgIpc) is 3.02. The van der Waals surface area contributed by atoms with Gasteiger partial charge in [0.25, 0.3) is 0 Å². The number of aromatic nitrogens is 4. The first kappa shape index (κ1) is 16.2. The van der Waals surface area contributed by atoms with E-state index in [9.17, 15) is 9.59 Å². The topological polar surface area (TPSA) is 98.5 Å². The lowest BCUT2D eigenvalue weighted by Crippen LogP contribution is -2.31. The van der Waals surface area contributed by atoms with Crippen LogP contribution in [0.3, 0.4) is 0 Å². The van der Waals surface area contributed by atoms with Gasteiger partial charge in [0.15, 0.2) is 5.65 Å². The van der Waals surface area contributed by atoms with E-state index in [1.165, 1.54) is 11.8 Å². The van der Waals surface area contributed by atoms with E-state index in [0.717, 1.165) is 10.9 Å². The van der Waals surface area contributed by atoms with Crippen LogP contribution in [-0.2, 0) is 14.3 Å². The standard InChI is InChI=1S/C15H15N5O3S/c1-2-23-13(22)7-16-12(21)8-24-15-18-14-10-5-3-4-6-11(10)17-9-20(14)19-15/h3-6,9H,2,7-8H2,1H3,(H,16,21). The van der Waals surface area contributed by atoms with Crippen LogP contribution in [0, 0.1) is 0 Å². The first-order valence-corrected chi connectivity index (χ1v) is 8.31. The van der Waals surface area contributed by atoms with Gasteiger partial charge in [0.2, 0.25) is 11.1 Å². The molecule has 1 aromatic carbocycles. The van der Waals surface area contributed by atoms with E-state index in [4.69, 9.17) is 4.74 Å². The molecule has 24 heavy (non-hydrogen) atoms. The van der Waals surface area contributed by atoms with Crippen molar-refractivity contribution in [2.45, 2.75) is 12.1 Å². The molecule has 2 aromatic heterocycles. The van der Waals surface area contributed by atoms with E-state index in [0.29, 0.717) is 10.8 Å². The quantitative estimate of drug-likeness (QED) is 0.526. The van der Waals surface area contributed by atoms with Crippen LogP contribution in [0.15, 0.2) is 35.7 Å². The van der Waals surface area contributed by atoms with Crippen LogP contribution < -0.4 is 5.32 Å². The van der Waals surface area contributed by atoms with Gasteiger partial charge < -0.3 is 10.1 Å². The number of benzene rings is 1. The van der Waals surface area contributed by atoms with E-state index in [1.54, 1.807) is 17.8 Å². The van der Waals surface area contributed by atoms with E-state index in [2.05, 4.69) is 20.4 Å². The van der Waals surface area contributed by atoms with Crippen molar-refractivity contribution in [1.82, 2.24) is 24.9 Å².